The number of nitrogens with zero attached hydrogens (tertiary/aromatic N) is 4. The number of anilines is 3. The smallest absolute Gasteiger partial charge is 0.329 e. The third-order valence-corrected chi connectivity index (χ3v) is 6.90. The first-order valence-corrected chi connectivity index (χ1v) is 10.8. The molecule has 1 unspecified atom stereocenters. The van der Waals surface area contributed by atoms with Gasteiger partial charge in [-0.1, -0.05) is 12.8 Å². The van der Waals surface area contributed by atoms with Gasteiger partial charge in [-0.25, -0.2) is 9.78 Å². The highest BCUT2D eigenvalue weighted by atomic mass is 16.4. The van der Waals surface area contributed by atoms with Crippen molar-refractivity contribution in [1.29, 1.82) is 0 Å². The Hall–Kier alpha value is -2.64. The largest absolute Gasteiger partial charge is 0.480 e. The summed E-state index contributed by atoms with van der Waals surface area (Å²) in [6.45, 7) is 2.43. The summed E-state index contributed by atoms with van der Waals surface area (Å²) in [6, 6.07) is 2.09. The Morgan fingerprint density at radius 2 is 2.07 bits per heavy atom. The van der Waals surface area contributed by atoms with E-state index in [1.165, 1.54) is 31.4 Å². The highest BCUT2D eigenvalue weighted by molar-refractivity contribution is 5.83. The minimum Gasteiger partial charge on any atom is -0.480 e. The summed E-state index contributed by atoms with van der Waals surface area (Å²) >= 11 is 0. The van der Waals surface area contributed by atoms with Gasteiger partial charge in [0.25, 0.3) is 0 Å². The fraction of sp³-hybridized carbons (Fsp3) is 0.619. The quantitative estimate of drug-likeness (QED) is 0.709. The molecule has 5 rings (SSSR count). The van der Waals surface area contributed by atoms with Gasteiger partial charge in [-0.3, -0.25) is 5.10 Å². The Kier molecular flexibility index (Phi) is 4.44. The van der Waals surface area contributed by atoms with Crippen LogP contribution >= 0.6 is 0 Å². The van der Waals surface area contributed by atoms with E-state index in [4.69, 9.17) is 9.97 Å². The van der Waals surface area contributed by atoms with E-state index in [2.05, 4.69) is 21.6 Å². The molecule has 0 aromatic carbocycles. The number of H-pyrrole nitrogens is 1. The summed E-state index contributed by atoms with van der Waals surface area (Å²) in [6.07, 6.45) is 9.34. The van der Waals surface area contributed by atoms with Crippen molar-refractivity contribution in [2.45, 2.75) is 76.2 Å². The molecular weight excluding hydrogens is 368 g/mol. The van der Waals surface area contributed by atoms with E-state index in [9.17, 15) is 9.90 Å². The van der Waals surface area contributed by atoms with Crippen molar-refractivity contribution in [3.8, 4) is 0 Å². The van der Waals surface area contributed by atoms with Gasteiger partial charge in [-0.05, 0) is 51.9 Å². The Balaban J connectivity index is 1.46. The predicted octanol–water partition coefficient (Wildman–Crippen LogP) is 3.53. The molecule has 2 aliphatic carbocycles. The number of carboxylic acids is 1. The Morgan fingerprint density at radius 1 is 1.24 bits per heavy atom. The summed E-state index contributed by atoms with van der Waals surface area (Å²) in [5.74, 6) is 1.81. The topological polar surface area (TPSA) is 107 Å². The number of carboxylic acid groups (broad SMARTS) is 1. The van der Waals surface area contributed by atoms with Crippen LogP contribution in [0.25, 0.3) is 0 Å². The summed E-state index contributed by atoms with van der Waals surface area (Å²) in [7, 11) is 0. The molecule has 29 heavy (non-hydrogen) atoms. The number of rotatable bonds is 5. The van der Waals surface area contributed by atoms with Crippen LogP contribution in [0.1, 0.15) is 74.7 Å². The number of fused-ring (bicyclic) bond motifs is 1. The molecule has 3 aliphatic rings. The Bertz CT molecular complexity index is 935. The zero-order valence-electron chi connectivity index (χ0n) is 16.9. The van der Waals surface area contributed by atoms with Crippen molar-refractivity contribution >= 4 is 23.6 Å². The number of hydrogen-bond acceptors (Lipinski definition) is 6. The SMILES string of the molecule is CC1(C(=O)O)CCCN1c1nc2c(c(Nc3cc(C4CCCC4)[nH]n3)n1)CCC2. The third-order valence-electron chi connectivity index (χ3n) is 6.90. The van der Waals surface area contributed by atoms with Crippen molar-refractivity contribution in [3.63, 3.8) is 0 Å². The van der Waals surface area contributed by atoms with Crippen molar-refractivity contribution in [1.82, 2.24) is 20.2 Å². The number of nitrogens with one attached hydrogen (secondary N) is 2. The summed E-state index contributed by atoms with van der Waals surface area (Å²) in [4.78, 5) is 23.3. The molecule has 1 saturated carbocycles. The van der Waals surface area contributed by atoms with E-state index >= 15 is 0 Å². The summed E-state index contributed by atoms with van der Waals surface area (Å²) < 4.78 is 0. The van der Waals surface area contributed by atoms with E-state index in [0.717, 1.165) is 48.6 Å². The Morgan fingerprint density at radius 3 is 2.86 bits per heavy atom. The van der Waals surface area contributed by atoms with Gasteiger partial charge in [0.1, 0.15) is 11.4 Å². The first kappa shape index (κ1) is 18.4. The molecule has 3 heterocycles. The van der Waals surface area contributed by atoms with Crippen LogP contribution in [0.2, 0.25) is 0 Å². The predicted molar refractivity (Wildman–Crippen MR) is 110 cm³/mol. The molecule has 8 heteroatoms. The van der Waals surface area contributed by atoms with Gasteiger partial charge in [0, 0.05) is 29.8 Å². The van der Waals surface area contributed by atoms with E-state index < -0.39 is 11.5 Å². The number of aromatic amines is 1. The van der Waals surface area contributed by atoms with Crippen LogP contribution < -0.4 is 10.2 Å². The monoisotopic (exact) mass is 396 g/mol. The average Bonchev–Trinajstić information content (AvgIpc) is 3.48. The van der Waals surface area contributed by atoms with Gasteiger partial charge in [-0.15, -0.1) is 0 Å². The lowest BCUT2D eigenvalue weighted by Gasteiger charge is -2.31. The maximum absolute atomic E-state index is 11.9. The van der Waals surface area contributed by atoms with E-state index in [1.54, 1.807) is 6.92 Å². The number of aliphatic carboxylic acids is 1. The van der Waals surface area contributed by atoms with Crippen LogP contribution in [-0.2, 0) is 17.6 Å². The lowest BCUT2D eigenvalue weighted by molar-refractivity contribution is -0.142. The maximum atomic E-state index is 11.9. The Labute approximate surface area is 170 Å². The van der Waals surface area contributed by atoms with Crippen LogP contribution in [0.3, 0.4) is 0 Å². The molecule has 3 N–H and O–H groups in total. The fourth-order valence-corrected chi connectivity index (χ4v) is 5.12. The number of hydrogen-bond donors (Lipinski definition) is 3. The van der Waals surface area contributed by atoms with E-state index in [1.807, 2.05) is 4.90 Å². The molecule has 2 aromatic rings. The average molecular weight is 396 g/mol. The molecule has 1 atom stereocenters. The fourth-order valence-electron chi connectivity index (χ4n) is 5.12. The van der Waals surface area contributed by atoms with Gasteiger partial charge in [0.05, 0.1) is 5.69 Å². The number of aryl methyl sites for hydroxylation is 1. The van der Waals surface area contributed by atoms with Gasteiger partial charge < -0.3 is 15.3 Å². The molecule has 1 saturated heterocycles. The van der Waals surface area contributed by atoms with Gasteiger partial charge in [0.2, 0.25) is 5.95 Å². The second-order valence-corrected chi connectivity index (χ2v) is 8.80. The molecule has 8 nitrogen and oxygen atoms in total. The van der Waals surface area contributed by atoms with Crippen molar-refractivity contribution < 1.29 is 9.90 Å². The molecule has 0 radical (unpaired) electrons. The van der Waals surface area contributed by atoms with Crippen LogP contribution in [0.5, 0.6) is 0 Å². The normalized spacial score (nSPS) is 24.2. The van der Waals surface area contributed by atoms with Gasteiger partial charge in [-0.2, -0.15) is 10.1 Å². The van der Waals surface area contributed by atoms with Gasteiger partial charge >= 0.3 is 5.97 Å². The van der Waals surface area contributed by atoms with E-state index in [-0.39, 0.29) is 0 Å². The molecule has 0 bridgehead atoms. The second kappa shape index (κ2) is 7.00. The number of carbonyl (C=O) groups is 1. The highest BCUT2D eigenvalue weighted by Crippen LogP contribution is 2.37. The van der Waals surface area contributed by atoms with Gasteiger partial charge in [0.15, 0.2) is 5.82 Å². The molecule has 0 spiro atoms. The molecule has 2 fully saturated rings. The van der Waals surface area contributed by atoms with Crippen molar-refractivity contribution in [2.75, 3.05) is 16.8 Å². The molecule has 2 aromatic heterocycles. The first-order chi connectivity index (χ1) is 14.0. The van der Waals surface area contributed by atoms with Crippen molar-refractivity contribution in [3.05, 3.63) is 23.0 Å². The van der Waals surface area contributed by atoms with Crippen LogP contribution in [0.15, 0.2) is 6.07 Å². The van der Waals surface area contributed by atoms with Crippen LogP contribution in [0, 0.1) is 0 Å². The van der Waals surface area contributed by atoms with E-state index in [0.29, 0.717) is 24.8 Å². The molecular formula is C21H28N6O2. The second-order valence-electron chi connectivity index (χ2n) is 8.80. The zero-order valence-corrected chi connectivity index (χ0v) is 16.9. The minimum absolute atomic E-state index is 0.516. The molecule has 0 amide bonds. The lowest BCUT2D eigenvalue weighted by atomic mass is 10.00. The zero-order chi connectivity index (χ0) is 20.0. The first-order valence-electron chi connectivity index (χ1n) is 10.8. The number of aromatic nitrogens is 4. The molecule has 1 aliphatic heterocycles. The van der Waals surface area contributed by atoms with Crippen LogP contribution in [0.4, 0.5) is 17.6 Å². The standard InChI is InChI=1S/C21H28N6O2/c1-21(19(28)29)10-5-11-27(21)20-22-15-9-4-8-14(15)18(24-20)23-17-12-16(25-26-17)13-6-2-3-7-13/h12-13H,2-11H2,1H3,(H,28,29)(H2,22,23,24,25,26). The minimum atomic E-state index is -0.952. The lowest BCUT2D eigenvalue weighted by Crippen LogP contribution is -2.49. The summed E-state index contributed by atoms with van der Waals surface area (Å²) in [5.41, 5.74) is 2.40. The maximum Gasteiger partial charge on any atom is 0.329 e. The molecule has 154 valence electrons. The van der Waals surface area contributed by atoms with Crippen molar-refractivity contribution in [2.24, 2.45) is 0 Å². The summed E-state index contributed by atoms with van der Waals surface area (Å²) in [5, 5.41) is 20.8. The highest BCUT2D eigenvalue weighted by Gasteiger charge is 2.45. The third kappa shape index (κ3) is 3.14. The van der Waals surface area contributed by atoms with Crippen LogP contribution in [-0.4, -0.2) is 43.3 Å².